The second-order valence-corrected chi connectivity index (χ2v) is 5.38. The molecule has 2 aromatic carbocycles. The number of hydrogen-bond donors (Lipinski definition) is 2. The monoisotopic (exact) mass is 351 g/mol. The van der Waals surface area contributed by atoms with E-state index in [1.165, 1.54) is 13.2 Å². The largest absolute Gasteiger partial charge is 0.506 e. The van der Waals surface area contributed by atoms with Gasteiger partial charge in [0, 0.05) is 5.56 Å². The quantitative estimate of drug-likeness (QED) is 0.537. The molecule has 0 spiro atoms. The second kappa shape index (κ2) is 7.52. The molecule has 0 aliphatic carbocycles. The minimum absolute atomic E-state index is 0.0890. The molecule has 0 amide bonds. The van der Waals surface area contributed by atoms with Crippen LogP contribution in [0.3, 0.4) is 0 Å². The number of nitrogens with one attached hydrogen (secondary N) is 1. The van der Waals surface area contributed by atoms with E-state index in [1.54, 1.807) is 25.3 Å². The molecule has 1 heterocycles. The molecular formula is C19H17N3O4. The average molecular weight is 351 g/mol. The minimum Gasteiger partial charge on any atom is -0.506 e. The van der Waals surface area contributed by atoms with Crippen LogP contribution in [0.15, 0.2) is 54.6 Å². The van der Waals surface area contributed by atoms with Crippen LogP contribution in [0.4, 0.5) is 11.5 Å². The van der Waals surface area contributed by atoms with Crippen molar-refractivity contribution in [3.63, 3.8) is 0 Å². The number of nitrogens with zero attached hydrogens (tertiary/aromatic N) is 2. The number of methoxy groups -OCH3 is 2. The number of carbonyl (C=O) groups excluding carboxylic acids is 1. The lowest BCUT2D eigenvalue weighted by Crippen LogP contribution is -2.02. The van der Waals surface area contributed by atoms with E-state index in [9.17, 15) is 9.90 Å². The fourth-order valence-electron chi connectivity index (χ4n) is 2.33. The number of benzene rings is 2. The fraction of sp³-hybridized carbons (Fsp3) is 0.105. The normalized spacial score (nSPS) is 10.2. The third-order valence-electron chi connectivity index (χ3n) is 3.73. The van der Waals surface area contributed by atoms with Crippen LogP contribution < -0.4 is 10.1 Å². The number of aromatic nitrogens is 2. The Balaban J connectivity index is 1.75. The number of hydrogen-bond acceptors (Lipinski definition) is 7. The number of aromatic hydroxyl groups is 1. The number of ether oxygens (including phenoxy) is 2. The maximum absolute atomic E-state index is 11.5. The van der Waals surface area contributed by atoms with E-state index in [0.717, 1.165) is 11.3 Å². The van der Waals surface area contributed by atoms with Gasteiger partial charge in [-0.05, 0) is 54.6 Å². The van der Waals surface area contributed by atoms with E-state index in [0.29, 0.717) is 17.2 Å². The highest BCUT2D eigenvalue weighted by Crippen LogP contribution is 2.28. The Morgan fingerprint density at radius 3 is 2.35 bits per heavy atom. The molecule has 7 nitrogen and oxygen atoms in total. The molecule has 0 atom stereocenters. The number of phenols is 1. The molecule has 2 N–H and O–H groups in total. The van der Waals surface area contributed by atoms with Crippen LogP contribution >= 0.6 is 0 Å². The van der Waals surface area contributed by atoms with Crippen molar-refractivity contribution in [3.8, 4) is 22.8 Å². The molecule has 132 valence electrons. The third kappa shape index (κ3) is 3.72. The van der Waals surface area contributed by atoms with Gasteiger partial charge in [-0.25, -0.2) is 4.79 Å². The van der Waals surface area contributed by atoms with E-state index >= 15 is 0 Å². The molecule has 7 heteroatoms. The molecule has 0 aliphatic heterocycles. The van der Waals surface area contributed by atoms with Crippen molar-refractivity contribution in [1.82, 2.24) is 10.2 Å². The molecule has 0 radical (unpaired) electrons. The highest BCUT2D eigenvalue weighted by atomic mass is 16.5. The summed E-state index contributed by atoms with van der Waals surface area (Å²) in [4.78, 5) is 11.5. The standard InChI is InChI=1S/C19H17N3O4/c1-25-14-6-3-12(4-7-14)15-9-10-18(22-21-15)20-16-8-5-13(11-17(16)23)19(24)26-2/h3-11,23H,1-2H3,(H,20,22). The molecule has 3 rings (SSSR count). The summed E-state index contributed by atoms with van der Waals surface area (Å²) in [6.45, 7) is 0. The first-order valence-corrected chi connectivity index (χ1v) is 7.77. The van der Waals surface area contributed by atoms with Crippen LogP contribution in [0.2, 0.25) is 0 Å². The van der Waals surface area contributed by atoms with Crippen molar-refractivity contribution >= 4 is 17.5 Å². The van der Waals surface area contributed by atoms with Gasteiger partial charge in [-0.2, -0.15) is 0 Å². The summed E-state index contributed by atoms with van der Waals surface area (Å²) >= 11 is 0. The highest BCUT2D eigenvalue weighted by Gasteiger charge is 2.10. The first-order chi connectivity index (χ1) is 12.6. The van der Waals surface area contributed by atoms with Crippen LogP contribution in [0.5, 0.6) is 11.5 Å². The zero-order valence-electron chi connectivity index (χ0n) is 14.3. The predicted molar refractivity (Wildman–Crippen MR) is 96.7 cm³/mol. The van der Waals surface area contributed by atoms with E-state index < -0.39 is 5.97 Å². The van der Waals surface area contributed by atoms with Gasteiger partial charge < -0.3 is 19.9 Å². The highest BCUT2D eigenvalue weighted by molar-refractivity contribution is 5.90. The van der Waals surface area contributed by atoms with E-state index in [4.69, 9.17) is 4.74 Å². The number of rotatable bonds is 5. The number of carbonyl (C=O) groups is 1. The maximum atomic E-state index is 11.5. The molecule has 0 fully saturated rings. The molecule has 0 bridgehead atoms. The van der Waals surface area contributed by atoms with Gasteiger partial charge in [-0.15, -0.1) is 10.2 Å². The Morgan fingerprint density at radius 1 is 1.00 bits per heavy atom. The predicted octanol–water partition coefficient (Wildman–Crippen LogP) is 3.39. The SMILES string of the molecule is COC(=O)c1ccc(Nc2ccc(-c3ccc(OC)cc3)nn2)c(O)c1. The van der Waals surface area contributed by atoms with Gasteiger partial charge in [0.2, 0.25) is 0 Å². The summed E-state index contributed by atoms with van der Waals surface area (Å²) in [5.74, 6) is 0.624. The zero-order valence-corrected chi connectivity index (χ0v) is 14.3. The Morgan fingerprint density at radius 2 is 1.77 bits per heavy atom. The smallest absolute Gasteiger partial charge is 0.337 e. The van der Waals surface area contributed by atoms with Gasteiger partial charge in [0.1, 0.15) is 11.5 Å². The Bertz CT molecular complexity index is 909. The number of phenolic OH excluding ortho intramolecular Hbond substituents is 1. The van der Waals surface area contributed by atoms with E-state index in [1.807, 2.05) is 30.3 Å². The van der Waals surface area contributed by atoms with Gasteiger partial charge in [0.15, 0.2) is 5.82 Å². The van der Waals surface area contributed by atoms with Crippen LogP contribution in [-0.2, 0) is 4.74 Å². The van der Waals surface area contributed by atoms with Crippen LogP contribution in [0, 0.1) is 0 Å². The van der Waals surface area contributed by atoms with Crippen molar-refractivity contribution in [2.75, 3.05) is 19.5 Å². The molecule has 1 aromatic heterocycles. The van der Waals surface area contributed by atoms with Crippen molar-refractivity contribution < 1.29 is 19.4 Å². The summed E-state index contributed by atoms with van der Waals surface area (Å²) < 4.78 is 9.75. The first-order valence-electron chi connectivity index (χ1n) is 7.77. The van der Waals surface area contributed by atoms with Crippen molar-refractivity contribution in [1.29, 1.82) is 0 Å². The summed E-state index contributed by atoms with van der Waals surface area (Å²) in [6, 6.07) is 15.5. The Kier molecular flexibility index (Phi) is 4.98. The van der Waals surface area contributed by atoms with Crippen molar-refractivity contribution in [2.24, 2.45) is 0 Å². The van der Waals surface area contributed by atoms with Gasteiger partial charge in [0.25, 0.3) is 0 Å². The lowest BCUT2D eigenvalue weighted by Gasteiger charge is -2.09. The Hall–Kier alpha value is -3.61. The van der Waals surface area contributed by atoms with Crippen LogP contribution in [0.25, 0.3) is 11.3 Å². The number of anilines is 2. The molecular weight excluding hydrogens is 334 g/mol. The van der Waals surface area contributed by atoms with Gasteiger partial charge >= 0.3 is 5.97 Å². The van der Waals surface area contributed by atoms with E-state index in [-0.39, 0.29) is 11.3 Å². The van der Waals surface area contributed by atoms with Crippen LogP contribution in [0.1, 0.15) is 10.4 Å². The minimum atomic E-state index is -0.518. The summed E-state index contributed by atoms with van der Waals surface area (Å²) in [7, 11) is 2.90. The lowest BCUT2D eigenvalue weighted by molar-refractivity contribution is 0.0600. The molecule has 3 aromatic rings. The third-order valence-corrected chi connectivity index (χ3v) is 3.73. The topological polar surface area (TPSA) is 93.6 Å². The summed E-state index contributed by atoms with van der Waals surface area (Å²) in [5, 5.41) is 21.3. The van der Waals surface area contributed by atoms with Gasteiger partial charge in [-0.3, -0.25) is 0 Å². The summed E-state index contributed by atoms with van der Waals surface area (Å²) in [6.07, 6.45) is 0. The second-order valence-electron chi connectivity index (χ2n) is 5.38. The lowest BCUT2D eigenvalue weighted by atomic mass is 10.1. The molecule has 0 aliphatic rings. The number of esters is 1. The molecule has 0 unspecified atom stereocenters. The van der Waals surface area contributed by atoms with Crippen molar-refractivity contribution in [3.05, 3.63) is 60.2 Å². The van der Waals surface area contributed by atoms with E-state index in [2.05, 4.69) is 20.3 Å². The Labute approximate surface area is 150 Å². The van der Waals surface area contributed by atoms with Gasteiger partial charge in [-0.1, -0.05) is 0 Å². The first kappa shape index (κ1) is 17.2. The van der Waals surface area contributed by atoms with Gasteiger partial charge in [0.05, 0.1) is 31.2 Å². The fourth-order valence-corrected chi connectivity index (χ4v) is 2.33. The molecule has 26 heavy (non-hydrogen) atoms. The van der Waals surface area contributed by atoms with Crippen LogP contribution in [-0.4, -0.2) is 35.5 Å². The average Bonchev–Trinajstić information content (AvgIpc) is 2.69. The zero-order chi connectivity index (χ0) is 18.5. The maximum Gasteiger partial charge on any atom is 0.337 e. The van der Waals surface area contributed by atoms with Crippen molar-refractivity contribution in [2.45, 2.75) is 0 Å². The summed E-state index contributed by atoms with van der Waals surface area (Å²) in [5.41, 5.74) is 2.29. The molecule has 0 saturated heterocycles. The molecule has 0 saturated carbocycles.